The molecule has 1 aromatic heterocycles. The van der Waals surface area contributed by atoms with Crippen molar-refractivity contribution in [3.05, 3.63) is 22.8 Å². The molecule has 14 heavy (non-hydrogen) atoms. The molecule has 1 aromatic rings. The Morgan fingerprint density at radius 3 is 2.79 bits per heavy atom. The maximum atomic E-state index is 4.49. The first-order chi connectivity index (χ1) is 6.59. The van der Waals surface area contributed by atoms with Gasteiger partial charge in [-0.25, -0.2) is 4.98 Å². The van der Waals surface area contributed by atoms with Crippen molar-refractivity contribution in [3.8, 4) is 0 Å². The number of halogens is 1. The van der Waals surface area contributed by atoms with Crippen LogP contribution >= 0.6 is 15.9 Å². The van der Waals surface area contributed by atoms with Gasteiger partial charge in [-0.2, -0.15) is 0 Å². The van der Waals surface area contributed by atoms with E-state index < -0.39 is 0 Å². The molecule has 0 saturated carbocycles. The van der Waals surface area contributed by atoms with Crippen molar-refractivity contribution in [1.82, 2.24) is 4.98 Å². The number of anilines is 1. The van der Waals surface area contributed by atoms with Crippen LogP contribution in [0.15, 0.2) is 22.8 Å². The second kappa shape index (κ2) is 3.54. The molecule has 2 rings (SSSR count). The van der Waals surface area contributed by atoms with Gasteiger partial charge in [0.2, 0.25) is 0 Å². The molecule has 1 saturated heterocycles. The Bertz CT molecular complexity index is 336. The molecule has 0 amide bonds. The van der Waals surface area contributed by atoms with Crippen molar-refractivity contribution >= 4 is 21.7 Å². The number of aromatic nitrogens is 1. The van der Waals surface area contributed by atoms with Gasteiger partial charge in [0, 0.05) is 12.1 Å². The smallest absolute Gasteiger partial charge is 0.130 e. The molecule has 3 heteroatoms. The normalized spacial score (nSPS) is 20.1. The first-order valence-corrected chi connectivity index (χ1v) is 5.79. The lowest BCUT2D eigenvalue weighted by Crippen LogP contribution is -2.38. The third-order valence-electron chi connectivity index (χ3n) is 2.88. The molecular weight excluding hydrogens is 240 g/mol. The van der Waals surface area contributed by atoms with E-state index >= 15 is 0 Å². The summed E-state index contributed by atoms with van der Waals surface area (Å²) in [7, 11) is 0. The predicted octanol–water partition coefficient (Wildman–Crippen LogP) is 3.22. The summed E-state index contributed by atoms with van der Waals surface area (Å²) in [6.45, 7) is 5.68. The zero-order valence-corrected chi connectivity index (χ0v) is 10.2. The highest BCUT2D eigenvalue weighted by molar-refractivity contribution is 9.10. The van der Waals surface area contributed by atoms with Crippen LogP contribution in [0.1, 0.15) is 26.7 Å². The predicted molar refractivity (Wildman–Crippen MR) is 62.6 cm³/mol. The lowest BCUT2D eigenvalue weighted by molar-refractivity contribution is 0.514. The number of hydrogen-bond acceptors (Lipinski definition) is 2. The Labute approximate surface area is 93.5 Å². The number of pyridine rings is 1. The maximum Gasteiger partial charge on any atom is 0.130 e. The Hall–Kier alpha value is -0.570. The molecule has 0 spiro atoms. The van der Waals surface area contributed by atoms with E-state index in [1.54, 1.807) is 0 Å². The van der Waals surface area contributed by atoms with Crippen LogP contribution in [-0.2, 0) is 0 Å². The average Bonchev–Trinajstić information content (AvgIpc) is 2.45. The topological polar surface area (TPSA) is 16.1 Å². The zero-order chi connectivity index (χ0) is 10.2. The maximum absolute atomic E-state index is 4.49. The fourth-order valence-electron chi connectivity index (χ4n) is 2.08. The Morgan fingerprint density at radius 2 is 2.21 bits per heavy atom. The van der Waals surface area contributed by atoms with Crippen LogP contribution < -0.4 is 4.90 Å². The molecule has 76 valence electrons. The van der Waals surface area contributed by atoms with Gasteiger partial charge in [-0.1, -0.05) is 6.07 Å². The largest absolute Gasteiger partial charge is 0.351 e. The van der Waals surface area contributed by atoms with Crippen molar-refractivity contribution in [2.45, 2.75) is 32.2 Å². The van der Waals surface area contributed by atoms with Gasteiger partial charge in [0.25, 0.3) is 0 Å². The summed E-state index contributed by atoms with van der Waals surface area (Å²) in [4.78, 5) is 6.88. The highest BCUT2D eigenvalue weighted by Gasteiger charge is 2.32. The van der Waals surface area contributed by atoms with Crippen molar-refractivity contribution in [2.75, 3.05) is 11.4 Å². The number of nitrogens with zero attached hydrogens (tertiary/aromatic N) is 2. The monoisotopic (exact) mass is 254 g/mol. The summed E-state index contributed by atoms with van der Waals surface area (Å²) < 4.78 is 0.915. The fourth-order valence-corrected chi connectivity index (χ4v) is 2.41. The molecule has 2 nitrogen and oxygen atoms in total. The van der Waals surface area contributed by atoms with Crippen LogP contribution in [0, 0.1) is 0 Å². The van der Waals surface area contributed by atoms with Crippen molar-refractivity contribution in [3.63, 3.8) is 0 Å². The van der Waals surface area contributed by atoms with Gasteiger partial charge in [0.05, 0.1) is 0 Å². The summed E-state index contributed by atoms with van der Waals surface area (Å²) in [5.74, 6) is 1.09. The average molecular weight is 255 g/mol. The van der Waals surface area contributed by atoms with Crippen molar-refractivity contribution in [2.24, 2.45) is 0 Å². The van der Waals surface area contributed by atoms with E-state index in [2.05, 4.69) is 45.7 Å². The molecule has 1 aliphatic heterocycles. The summed E-state index contributed by atoms with van der Waals surface area (Å²) in [6.07, 6.45) is 2.52. The minimum absolute atomic E-state index is 0.258. The summed E-state index contributed by atoms with van der Waals surface area (Å²) in [5, 5.41) is 0. The summed E-state index contributed by atoms with van der Waals surface area (Å²) >= 11 is 3.41. The van der Waals surface area contributed by atoms with Crippen molar-refractivity contribution < 1.29 is 0 Å². The van der Waals surface area contributed by atoms with Gasteiger partial charge >= 0.3 is 0 Å². The Morgan fingerprint density at radius 1 is 1.43 bits per heavy atom. The van der Waals surface area contributed by atoms with Crippen LogP contribution in [0.25, 0.3) is 0 Å². The van der Waals surface area contributed by atoms with E-state index in [1.807, 2.05) is 12.1 Å². The second-order valence-electron chi connectivity index (χ2n) is 4.39. The van der Waals surface area contributed by atoms with Gasteiger partial charge in [-0.05, 0) is 54.8 Å². The quantitative estimate of drug-likeness (QED) is 0.716. The molecule has 0 N–H and O–H groups in total. The van der Waals surface area contributed by atoms with Crippen LogP contribution in [0.2, 0.25) is 0 Å². The van der Waals surface area contributed by atoms with E-state index in [-0.39, 0.29) is 5.54 Å². The molecular formula is C11H15BrN2. The first-order valence-electron chi connectivity index (χ1n) is 5.00. The lowest BCUT2D eigenvalue weighted by atomic mass is 10.0. The van der Waals surface area contributed by atoms with E-state index in [9.17, 15) is 0 Å². The van der Waals surface area contributed by atoms with Gasteiger partial charge in [-0.15, -0.1) is 0 Å². The Balaban J connectivity index is 2.31. The number of rotatable bonds is 1. The van der Waals surface area contributed by atoms with Crippen LogP contribution in [0.3, 0.4) is 0 Å². The standard InChI is InChI=1S/C11H15BrN2/c1-11(2)7-4-8-14(11)10-6-3-5-9(12)13-10/h3,5-6H,4,7-8H2,1-2H3. The molecule has 2 heterocycles. The van der Waals surface area contributed by atoms with E-state index in [4.69, 9.17) is 0 Å². The molecule has 0 unspecified atom stereocenters. The summed E-state index contributed by atoms with van der Waals surface area (Å²) in [6, 6.07) is 6.09. The lowest BCUT2D eigenvalue weighted by Gasteiger charge is -2.32. The SMILES string of the molecule is CC1(C)CCCN1c1cccc(Br)n1. The molecule has 0 aliphatic carbocycles. The van der Waals surface area contributed by atoms with E-state index in [0.29, 0.717) is 0 Å². The minimum atomic E-state index is 0.258. The second-order valence-corrected chi connectivity index (χ2v) is 5.20. The van der Waals surface area contributed by atoms with E-state index in [1.165, 1.54) is 12.8 Å². The van der Waals surface area contributed by atoms with Gasteiger partial charge < -0.3 is 4.90 Å². The third kappa shape index (κ3) is 1.78. The molecule has 0 radical (unpaired) electrons. The third-order valence-corrected chi connectivity index (χ3v) is 3.32. The first kappa shape index (κ1) is 9.97. The number of hydrogen-bond donors (Lipinski definition) is 0. The van der Waals surface area contributed by atoms with Gasteiger partial charge in [0.15, 0.2) is 0 Å². The van der Waals surface area contributed by atoms with Gasteiger partial charge in [0.1, 0.15) is 10.4 Å². The zero-order valence-electron chi connectivity index (χ0n) is 8.63. The van der Waals surface area contributed by atoms with Crippen LogP contribution in [0.5, 0.6) is 0 Å². The highest BCUT2D eigenvalue weighted by atomic mass is 79.9. The minimum Gasteiger partial charge on any atom is -0.351 e. The summed E-state index contributed by atoms with van der Waals surface area (Å²) in [5.41, 5.74) is 0.258. The van der Waals surface area contributed by atoms with Crippen molar-refractivity contribution in [1.29, 1.82) is 0 Å². The van der Waals surface area contributed by atoms with Crippen LogP contribution in [0.4, 0.5) is 5.82 Å². The molecule has 0 aromatic carbocycles. The molecule has 1 aliphatic rings. The van der Waals surface area contributed by atoms with E-state index in [0.717, 1.165) is 17.0 Å². The molecule has 1 fully saturated rings. The van der Waals surface area contributed by atoms with Gasteiger partial charge in [-0.3, -0.25) is 0 Å². The fraction of sp³-hybridized carbons (Fsp3) is 0.545. The highest BCUT2D eigenvalue weighted by Crippen LogP contribution is 2.32. The van der Waals surface area contributed by atoms with Crippen LogP contribution in [-0.4, -0.2) is 17.1 Å². The Kier molecular flexibility index (Phi) is 2.52. The molecule has 0 bridgehead atoms. The molecule has 0 atom stereocenters.